The summed E-state index contributed by atoms with van der Waals surface area (Å²) in [7, 11) is 3.29. The van der Waals surface area contributed by atoms with E-state index in [-0.39, 0.29) is 0 Å². The number of rotatable bonds is 7. The molecule has 0 saturated heterocycles. The van der Waals surface area contributed by atoms with E-state index in [1.165, 1.54) is 0 Å². The second-order valence-corrected chi connectivity index (χ2v) is 7.33. The quantitative estimate of drug-likeness (QED) is 0.629. The summed E-state index contributed by atoms with van der Waals surface area (Å²) in [5.74, 6) is 2.53. The SMILES string of the molecule is COc1ccc(OC)c(CCn2c(-c3ccc4c(c3)OCCO4)cc(C(N)=O)c2C)c1. The van der Waals surface area contributed by atoms with Gasteiger partial charge in [-0.2, -0.15) is 0 Å². The van der Waals surface area contributed by atoms with Gasteiger partial charge in [0, 0.05) is 23.5 Å². The molecule has 1 amide bonds. The number of nitrogens with two attached hydrogens (primary N) is 1. The lowest BCUT2D eigenvalue weighted by atomic mass is 10.1. The number of amides is 1. The lowest BCUT2D eigenvalue weighted by molar-refractivity contribution is 0.0999. The van der Waals surface area contributed by atoms with Gasteiger partial charge in [-0.05, 0) is 61.4 Å². The van der Waals surface area contributed by atoms with Crippen molar-refractivity contribution < 1.29 is 23.7 Å². The summed E-state index contributed by atoms with van der Waals surface area (Å²) in [4.78, 5) is 12.0. The van der Waals surface area contributed by atoms with Crippen LogP contribution in [-0.2, 0) is 13.0 Å². The minimum atomic E-state index is -0.450. The number of ether oxygens (including phenoxy) is 4. The van der Waals surface area contributed by atoms with Crippen molar-refractivity contribution >= 4 is 5.91 Å². The van der Waals surface area contributed by atoms with Crippen LogP contribution in [0, 0.1) is 6.92 Å². The number of aryl methyl sites for hydroxylation is 1. The molecule has 0 spiro atoms. The van der Waals surface area contributed by atoms with E-state index in [1.807, 2.05) is 49.4 Å². The Kier molecular flexibility index (Phi) is 5.75. The normalized spacial score (nSPS) is 12.5. The second-order valence-electron chi connectivity index (χ2n) is 7.33. The van der Waals surface area contributed by atoms with Crippen molar-refractivity contribution in [1.82, 2.24) is 4.57 Å². The van der Waals surface area contributed by atoms with Gasteiger partial charge >= 0.3 is 0 Å². The first-order chi connectivity index (χ1) is 15.0. The molecule has 3 aromatic rings. The fraction of sp³-hybridized carbons (Fsp3) is 0.292. The first-order valence-electron chi connectivity index (χ1n) is 10.1. The van der Waals surface area contributed by atoms with Gasteiger partial charge in [0.2, 0.25) is 0 Å². The zero-order valence-corrected chi connectivity index (χ0v) is 17.9. The summed E-state index contributed by atoms with van der Waals surface area (Å²) in [5.41, 5.74) is 9.80. The van der Waals surface area contributed by atoms with E-state index in [2.05, 4.69) is 4.57 Å². The molecular formula is C24H26N2O5. The number of primary amides is 1. The van der Waals surface area contributed by atoms with Crippen molar-refractivity contribution in [1.29, 1.82) is 0 Å². The Morgan fingerprint density at radius 2 is 1.81 bits per heavy atom. The van der Waals surface area contributed by atoms with Crippen LogP contribution < -0.4 is 24.7 Å². The van der Waals surface area contributed by atoms with E-state index >= 15 is 0 Å². The van der Waals surface area contributed by atoms with Crippen LogP contribution in [0.5, 0.6) is 23.0 Å². The summed E-state index contributed by atoms with van der Waals surface area (Å²) in [5, 5.41) is 0. The van der Waals surface area contributed by atoms with Crippen LogP contribution in [0.2, 0.25) is 0 Å². The highest BCUT2D eigenvalue weighted by Crippen LogP contribution is 2.36. The summed E-state index contributed by atoms with van der Waals surface area (Å²) < 4.78 is 24.4. The van der Waals surface area contributed by atoms with Crippen molar-refractivity contribution in [3.05, 3.63) is 59.3 Å². The summed E-state index contributed by atoms with van der Waals surface area (Å²) in [6.07, 6.45) is 0.686. The Bertz CT molecular complexity index is 1120. The number of hydrogen-bond acceptors (Lipinski definition) is 5. The highest BCUT2D eigenvalue weighted by Gasteiger charge is 2.20. The zero-order valence-electron chi connectivity index (χ0n) is 17.9. The first-order valence-corrected chi connectivity index (χ1v) is 10.1. The average Bonchev–Trinajstić information content (AvgIpc) is 3.13. The maximum Gasteiger partial charge on any atom is 0.250 e. The van der Waals surface area contributed by atoms with Crippen LogP contribution in [0.3, 0.4) is 0 Å². The molecule has 1 aliphatic heterocycles. The molecule has 0 fully saturated rings. The molecule has 1 aliphatic rings. The lowest BCUT2D eigenvalue weighted by Crippen LogP contribution is -2.15. The molecule has 162 valence electrons. The Labute approximate surface area is 181 Å². The first kappa shape index (κ1) is 20.7. The fourth-order valence-corrected chi connectivity index (χ4v) is 3.93. The summed E-state index contributed by atoms with van der Waals surface area (Å²) in [6.45, 7) is 3.59. The monoisotopic (exact) mass is 422 g/mol. The predicted octanol–water partition coefficient (Wildman–Crippen LogP) is 3.59. The minimum Gasteiger partial charge on any atom is -0.497 e. The molecule has 2 heterocycles. The smallest absolute Gasteiger partial charge is 0.250 e. The maximum absolute atomic E-state index is 12.0. The standard InChI is InChI=1S/C24H26N2O5/c1-15-19(24(25)27)14-20(16-4-6-22-23(13-16)31-11-10-30-22)26(15)9-8-17-12-18(28-2)5-7-21(17)29-3/h4-7,12-14H,8-11H2,1-3H3,(H2,25,27). The highest BCUT2D eigenvalue weighted by atomic mass is 16.6. The van der Waals surface area contributed by atoms with Gasteiger partial charge in [0.15, 0.2) is 11.5 Å². The molecular weight excluding hydrogens is 396 g/mol. The van der Waals surface area contributed by atoms with Crippen LogP contribution in [0.1, 0.15) is 21.6 Å². The number of hydrogen-bond donors (Lipinski definition) is 1. The molecule has 2 N–H and O–H groups in total. The molecule has 0 radical (unpaired) electrons. The van der Waals surface area contributed by atoms with E-state index in [0.717, 1.165) is 39.8 Å². The molecule has 0 aliphatic carbocycles. The number of fused-ring (bicyclic) bond motifs is 1. The van der Waals surface area contributed by atoms with E-state index in [4.69, 9.17) is 24.7 Å². The van der Waals surface area contributed by atoms with Gasteiger partial charge in [0.25, 0.3) is 5.91 Å². The molecule has 0 saturated carbocycles. The summed E-state index contributed by atoms with van der Waals surface area (Å²) in [6, 6.07) is 13.4. The van der Waals surface area contributed by atoms with Crippen LogP contribution >= 0.6 is 0 Å². The largest absolute Gasteiger partial charge is 0.497 e. The summed E-state index contributed by atoms with van der Waals surface area (Å²) >= 11 is 0. The average molecular weight is 422 g/mol. The van der Waals surface area contributed by atoms with Crippen LogP contribution in [0.25, 0.3) is 11.3 Å². The van der Waals surface area contributed by atoms with Crippen LogP contribution in [0.4, 0.5) is 0 Å². The third kappa shape index (κ3) is 4.03. The third-order valence-electron chi connectivity index (χ3n) is 5.56. The van der Waals surface area contributed by atoms with E-state index in [0.29, 0.717) is 37.5 Å². The molecule has 1 aromatic heterocycles. The van der Waals surface area contributed by atoms with Gasteiger partial charge < -0.3 is 29.2 Å². The van der Waals surface area contributed by atoms with Gasteiger partial charge in [-0.15, -0.1) is 0 Å². The van der Waals surface area contributed by atoms with Gasteiger partial charge in [-0.3, -0.25) is 4.79 Å². The number of benzene rings is 2. The number of carbonyl (C=O) groups is 1. The van der Waals surface area contributed by atoms with Crippen molar-refractivity contribution in [3.63, 3.8) is 0 Å². The Morgan fingerprint density at radius 1 is 1.03 bits per heavy atom. The molecule has 0 unspecified atom stereocenters. The molecule has 0 bridgehead atoms. The maximum atomic E-state index is 12.0. The van der Waals surface area contributed by atoms with Crippen molar-refractivity contribution in [2.24, 2.45) is 5.73 Å². The molecule has 7 nitrogen and oxygen atoms in total. The molecule has 7 heteroatoms. The number of carbonyl (C=O) groups excluding carboxylic acids is 1. The fourth-order valence-electron chi connectivity index (χ4n) is 3.93. The van der Waals surface area contributed by atoms with Crippen LogP contribution in [0.15, 0.2) is 42.5 Å². The Morgan fingerprint density at radius 3 is 2.52 bits per heavy atom. The lowest BCUT2D eigenvalue weighted by Gasteiger charge is -2.19. The van der Waals surface area contributed by atoms with Gasteiger partial charge in [0.05, 0.1) is 19.8 Å². The van der Waals surface area contributed by atoms with E-state index < -0.39 is 5.91 Å². The zero-order chi connectivity index (χ0) is 22.0. The number of aromatic nitrogens is 1. The predicted molar refractivity (Wildman–Crippen MR) is 117 cm³/mol. The second kappa shape index (κ2) is 8.63. The third-order valence-corrected chi connectivity index (χ3v) is 5.56. The molecule has 31 heavy (non-hydrogen) atoms. The van der Waals surface area contributed by atoms with Crippen molar-refractivity contribution in [2.45, 2.75) is 19.9 Å². The topological polar surface area (TPSA) is 84.9 Å². The van der Waals surface area contributed by atoms with Gasteiger partial charge in [-0.25, -0.2) is 0 Å². The highest BCUT2D eigenvalue weighted by molar-refractivity contribution is 5.95. The number of methoxy groups -OCH3 is 2. The molecule has 2 aromatic carbocycles. The van der Waals surface area contributed by atoms with Crippen LogP contribution in [-0.4, -0.2) is 37.9 Å². The Hall–Kier alpha value is -3.61. The van der Waals surface area contributed by atoms with Gasteiger partial charge in [-0.1, -0.05) is 0 Å². The minimum absolute atomic E-state index is 0.450. The van der Waals surface area contributed by atoms with Crippen molar-refractivity contribution in [2.75, 3.05) is 27.4 Å². The van der Waals surface area contributed by atoms with Gasteiger partial charge in [0.1, 0.15) is 24.7 Å². The Balaban J connectivity index is 1.72. The number of nitrogens with zero attached hydrogens (tertiary/aromatic N) is 1. The molecule has 0 atom stereocenters. The van der Waals surface area contributed by atoms with E-state index in [1.54, 1.807) is 14.2 Å². The van der Waals surface area contributed by atoms with Crippen molar-refractivity contribution in [3.8, 4) is 34.3 Å². The van der Waals surface area contributed by atoms with E-state index in [9.17, 15) is 4.79 Å². The molecule has 4 rings (SSSR count).